The van der Waals surface area contributed by atoms with E-state index in [0.717, 1.165) is 6.07 Å². The fraction of sp³-hybridized carbons (Fsp3) is 0.0667. The number of amides is 1. The minimum Gasteiger partial charge on any atom is -0.508 e. The van der Waals surface area contributed by atoms with Crippen molar-refractivity contribution in [3.05, 3.63) is 53.8 Å². The number of carbonyl (C=O) groups is 1. The van der Waals surface area contributed by atoms with Gasteiger partial charge in [-0.15, -0.1) is 0 Å². The third-order valence-corrected chi connectivity index (χ3v) is 2.59. The second-order valence-corrected chi connectivity index (χ2v) is 4.09. The monoisotopic (exact) mass is 286 g/mol. The fourth-order valence-electron chi connectivity index (χ4n) is 1.67. The van der Waals surface area contributed by atoms with Crippen molar-refractivity contribution in [1.29, 1.82) is 5.26 Å². The van der Waals surface area contributed by atoms with Crippen LogP contribution in [0.5, 0.6) is 11.5 Å². The molecule has 0 spiro atoms. The number of nitrogens with one attached hydrogen (secondary N) is 1. The molecule has 0 saturated carbocycles. The van der Waals surface area contributed by atoms with Gasteiger partial charge in [0.15, 0.2) is 6.61 Å². The summed E-state index contributed by atoms with van der Waals surface area (Å²) in [7, 11) is 0. The van der Waals surface area contributed by atoms with Gasteiger partial charge in [0.2, 0.25) is 0 Å². The minimum absolute atomic E-state index is 0.107. The Hall–Kier alpha value is -3.07. The largest absolute Gasteiger partial charge is 0.508 e. The summed E-state index contributed by atoms with van der Waals surface area (Å²) in [6.07, 6.45) is 0. The van der Waals surface area contributed by atoms with Crippen molar-refractivity contribution in [2.24, 2.45) is 0 Å². The van der Waals surface area contributed by atoms with E-state index in [1.54, 1.807) is 18.2 Å². The molecule has 0 aromatic heterocycles. The Bertz CT molecular complexity index is 710. The Labute approximate surface area is 120 Å². The van der Waals surface area contributed by atoms with Crippen LogP contribution in [0.25, 0.3) is 0 Å². The average molecular weight is 286 g/mol. The molecule has 5 nitrogen and oxygen atoms in total. The molecular weight excluding hydrogens is 275 g/mol. The molecule has 0 atom stereocenters. The van der Waals surface area contributed by atoms with Gasteiger partial charge in [-0.3, -0.25) is 4.79 Å². The third-order valence-electron chi connectivity index (χ3n) is 2.59. The van der Waals surface area contributed by atoms with E-state index in [4.69, 9.17) is 15.1 Å². The number of aromatic hydroxyl groups is 1. The van der Waals surface area contributed by atoms with Crippen molar-refractivity contribution >= 4 is 11.6 Å². The topological polar surface area (TPSA) is 82.3 Å². The van der Waals surface area contributed by atoms with Crippen LogP contribution < -0.4 is 10.1 Å². The first-order valence-corrected chi connectivity index (χ1v) is 6.00. The first-order chi connectivity index (χ1) is 10.1. The van der Waals surface area contributed by atoms with Crippen molar-refractivity contribution in [3.63, 3.8) is 0 Å². The number of hydrogen-bond acceptors (Lipinski definition) is 4. The Morgan fingerprint density at radius 2 is 2.14 bits per heavy atom. The van der Waals surface area contributed by atoms with Crippen LogP contribution in [-0.2, 0) is 0 Å². The van der Waals surface area contributed by atoms with Crippen LogP contribution in [0.2, 0.25) is 0 Å². The number of anilines is 1. The van der Waals surface area contributed by atoms with Crippen molar-refractivity contribution in [1.82, 2.24) is 0 Å². The molecule has 0 saturated heterocycles. The zero-order valence-electron chi connectivity index (χ0n) is 10.8. The van der Waals surface area contributed by atoms with E-state index < -0.39 is 11.7 Å². The number of ether oxygens (including phenoxy) is 1. The highest BCUT2D eigenvalue weighted by Gasteiger charge is 2.12. The number of hydrogen-bond donors (Lipinski definition) is 2. The first kappa shape index (κ1) is 14.3. The molecule has 21 heavy (non-hydrogen) atoms. The summed E-state index contributed by atoms with van der Waals surface area (Å²) in [6.45, 7) is -0.107. The van der Waals surface area contributed by atoms with E-state index in [-0.39, 0.29) is 17.9 Å². The minimum atomic E-state index is -0.815. The molecule has 0 fully saturated rings. The second kappa shape index (κ2) is 6.39. The van der Waals surface area contributed by atoms with E-state index in [2.05, 4.69) is 5.32 Å². The first-order valence-electron chi connectivity index (χ1n) is 6.00. The van der Waals surface area contributed by atoms with Crippen LogP contribution in [0.4, 0.5) is 10.1 Å². The lowest BCUT2D eigenvalue weighted by Gasteiger charge is -2.08. The number of nitriles is 1. The number of rotatable bonds is 4. The maximum absolute atomic E-state index is 13.6. The lowest BCUT2D eigenvalue weighted by molar-refractivity contribution is 0.102. The highest BCUT2D eigenvalue weighted by Crippen LogP contribution is 2.20. The van der Waals surface area contributed by atoms with Gasteiger partial charge >= 0.3 is 0 Å². The van der Waals surface area contributed by atoms with Crippen LogP contribution in [0, 0.1) is 17.1 Å². The van der Waals surface area contributed by atoms with Gasteiger partial charge in [0.25, 0.3) is 5.91 Å². The molecule has 2 aromatic rings. The van der Waals surface area contributed by atoms with Crippen molar-refractivity contribution in [3.8, 4) is 17.6 Å². The summed E-state index contributed by atoms with van der Waals surface area (Å²) < 4.78 is 18.7. The predicted octanol–water partition coefficient (Wildman–Crippen LogP) is 2.69. The summed E-state index contributed by atoms with van der Waals surface area (Å²) in [5.74, 6) is -1.30. The van der Waals surface area contributed by atoms with Crippen molar-refractivity contribution < 1.29 is 19.0 Å². The zero-order chi connectivity index (χ0) is 15.2. The van der Waals surface area contributed by atoms with Gasteiger partial charge in [-0.1, -0.05) is 6.07 Å². The molecule has 0 radical (unpaired) electrons. The fourth-order valence-corrected chi connectivity index (χ4v) is 1.67. The van der Waals surface area contributed by atoms with E-state index in [0.29, 0.717) is 11.4 Å². The average Bonchev–Trinajstić information content (AvgIpc) is 2.45. The number of benzene rings is 2. The van der Waals surface area contributed by atoms with E-state index in [1.165, 1.54) is 18.2 Å². The van der Waals surface area contributed by atoms with E-state index in [1.807, 2.05) is 6.07 Å². The predicted molar refractivity (Wildman–Crippen MR) is 73.6 cm³/mol. The Morgan fingerprint density at radius 3 is 2.86 bits per heavy atom. The molecule has 0 aliphatic heterocycles. The molecule has 2 rings (SSSR count). The molecule has 0 aliphatic rings. The summed E-state index contributed by atoms with van der Waals surface area (Å²) in [5.41, 5.74) is 0.221. The lowest BCUT2D eigenvalue weighted by Crippen LogP contribution is -2.13. The summed E-state index contributed by atoms with van der Waals surface area (Å²) >= 11 is 0. The third kappa shape index (κ3) is 3.70. The molecule has 2 aromatic carbocycles. The molecule has 106 valence electrons. The summed E-state index contributed by atoms with van der Waals surface area (Å²) in [5, 5.41) is 20.1. The quantitative estimate of drug-likeness (QED) is 0.905. The highest BCUT2D eigenvalue weighted by molar-refractivity contribution is 6.04. The number of nitrogens with zero attached hydrogens (tertiary/aromatic N) is 1. The normalized spacial score (nSPS) is 9.71. The molecule has 6 heteroatoms. The van der Waals surface area contributed by atoms with Crippen LogP contribution in [0.1, 0.15) is 10.4 Å². The molecule has 0 heterocycles. The van der Waals surface area contributed by atoms with Gasteiger partial charge in [0.1, 0.15) is 23.4 Å². The number of phenols is 1. The maximum Gasteiger partial charge on any atom is 0.258 e. The molecule has 0 unspecified atom stereocenters. The molecule has 0 bridgehead atoms. The highest BCUT2D eigenvalue weighted by atomic mass is 19.1. The van der Waals surface area contributed by atoms with Gasteiger partial charge in [0, 0.05) is 17.8 Å². The molecule has 2 N–H and O–H groups in total. The van der Waals surface area contributed by atoms with Crippen LogP contribution in [0.3, 0.4) is 0 Å². The van der Waals surface area contributed by atoms with E-state index in [9.17, 15) is 9.18 Å². The Kier molecular flexibility index (Phi) is 4.36. The van der Waals surface area contributed by atoms with Gasteiger partial charge in [-0.05, 0) is 24.3 Å². The number of carbonyl (C=O) groups excluding carboxylic acids is 1. The van der Waals surface area contributed by atoms with Crippen LogP contribution in [0.15, 0.2) is 42.5 Å². The van der Waals surface area contributed by atoms with Crippen LogP contribution >= 0.6 is 0 Å². The summed E-state index contributed by atoms with van der Waals surface area (Å²) in [4.78, 5) is 11.9. The van der Waals surface area contributed by atoms with Gasteiger partial charge < -0.3 is 15.2 Å². The van der Waals surface area contributed by atoms with Crippen molar-refractivity contribution in [2.75, 3.05) is 11.9 Å². The zero-order valence-corrected chi connectivity index (χ0v) is 10.8. The van der Waals surface area contributed by atoms with Crippen LogP contribution in [-0.4, -0.2) is 17.6 Å². The maximum atomic E-state index is 13.6. The van der Waals surface area contributed by atoms with Gasteiger partial charge in [-0.2, -0.15) is 5.26 Å². The molecule has 1 amide bonds. The Morgan fingerprint density at radius 1 is 1.33 bits per heavy atom. The van der Waals surface area contributed by atoms with Gasteiger partial charge in [0.05, 0.1) is 5.56 Å². The molecular formula is C15H11FN2O3. The summed E-state index contributed by atoms with van der Waals surface area (Å²) in [6, 6.07) is 11.5. The smallest absolute Gasteiger partial charge is 0.258 e. The number of halogens is 1. The SMILES string of the molecule is N#CCOc1cccc(NC(=O)c2ccc(O)cc2F)c1. The van der Waals surface area contributed by atoms with Gasteiger partial charge in [-0.25, -0.2) is 4.39 Å². The molecule has 0 aliphatic carbocycles. The second-order valence-electron chi connectivity index (χ2n) is 4.09. The standard InChI is InChI=1S/C15H11FN2O3/c16-14-9-11(19)4-5-13(14)15(20)18-10-2-1-3-12(8-10)21-7-6-17/h1-5,8-9,19H,7H2,(H,18,20). The number of phenolic OH excluding ortho intramolecular Hbond substituents is 1. The van der Waals surface area contributed by atoms with E-state index >= 15 is 0 Å². The lowest BCUT2D eigenvalue weighted by atomic mass is 10.2. The van der Waals surface area contributed by atoms with Crippen molar-refractivity contribution in [2.45, 2.75) is 0 Å². The Balaban J connectivity index is 2.14.